The van der Waals surface area contributed by atoms with Crippen LogP contribution in [0.5, 0.6) is 5.75 Å². The molecule has 0 aromatic heterocycles. The van der Waals surface area contributed by atoms with Gasteiger partial charge in [-0.15, -0.1) is 0 Å². The summed E-state index contributed by atoms with van der Waals surface area (Å²) >= 11 is 1.61. The molecule has 0 amide bonds. The van der Waals surface area contributed by atoms with Crippen LogP contribution in [-0.4, -0.2) is 39.1 Å². The molecule has 0 bridgehead atoms. The van der Waals surface area contributed by atoms with Crippen LogP contribution in [0.15, 0.2) is 29.2 Å². The van der Waals surface area contributed by atoms with E-state index in [1.807, 2.05) is 6.92 Å². The van der Waals surface area contributed by atoms with Crippen molar-refractivity contribution in [3.63, 3.8) is 0 Å². The van der Waals surface area contributed by atoms with Gasteiger partial charge in [-0.1, -0.05) is 6.92 Å². The van der Waals surface area contributed by atoms with Crippen LogP contribution in [0.1, 0.15) is 13.3 Å². The smallest absolute Gasteiger partial charge is 0.306 e. The minimum Gasteiger partial charge on any atom is -0.493 e. The summed E-state index contributed by atoms with van der Waals surface area (Å²) in [4.78, 5) is 11.1. The van der Waals surface area contributed by atoms with Crippen molar-refractivity contribution in [1.82, 2.24) is 0 Å². The lowest BCUT2D eigenvalue weighted by molar-refractivity contribution is -0.140. The molecule has 0 fully saturated rings. The van der Waals surface area contributed by atoms with Gasteiger partial charge in [-0.3, -0.25) is 4.79 Å². The highest BCUT2D eigenvalue weighted by molar-refractivity contribution is 7.99. The van der Waals surface area contributed by atoms with E-state index in [1.54, 1.807) is 23.9 Å². The summed E-state index contributed by atoms with van der Waals surface area (Å²) < 4.78 is 32.3. The second kappa shape index (κ2) is 8.26. The van der Waals surface area contributed by atoms with E-state index in [1.165, 1.54) is 19.2 Å². The van der Waals surface area contributed by atoms with Crippen molar-refractivity contribution in [1.29, 1.82) is 0 Å². The summed E-state index contributed by atoms with van der Waals surface area (Å²) in [5.74, 6) is 1.06. The highest BCUT2D eigenvalue weighted by atomic mass is 32.2. The Hall–Kier alpha value is -1.25. The van der Waals surface area contributed by atoms with Gasteiger partial charge in [0.05, 0.1) is 25.0 Å². The maximum Gasteiger partial charge on any atom is 0.306 e. The van der Waals surface area contributed by atoms with E-state index in [-0.39, 0.29) is 16.1 Å². The molecule has 1 unspecified atom stereocenters. The van der Waals surface area contributed by atoms with E-state index in [0.717, 1.165) is 5.75 Å². The molecule has 2 N–H and O–H groups in total. The lowest BCUT2D eigenvalue weighted by Crippen LogP contribution is -2.12. The number of sulfonamides is 1. The number of esters is 1. The zero-order valence-corrected chi connectivity index (χ0v) is 13.6. The van der Waals surface area contributed by atoms with E-state index >= 15 is 0 Å². The van der Waals surface area contributed by atoms with Gasteiger partial charge in [-0.25, -0.2) is 13.6 Å². The van der Waals surface area contributed by atoms with E-state index < -0.39 is 10.0 Å². The first-order chi connectivity index (χ1) is 9.82. The Morgan fingerprint density at radius 1 is 1.33 bits per heavy atom. The quantitative estimate of drug-likeness (QED) is 0.570. The van der Waals surface area contributed by atoms with Crippen LogP contribution in [0, 0.1) is 0 Å². The number of ether oxygens (including phenoxy) is 2. The molecule has 0 aliphatic heterocycles. The van der Waals surface area contributed by atoms with Crippen LogP contribution in [0.4, 0.5) is 0 Å². The molecule has 0 heterocycles. The molecule has 21 heavy (non-hydrogen) atoms. The average Bonchev–Trinajstić information content (AvgIpc) is 2.43. The Balaban J connectivity index is 2.32. The van der Waals surface area contributed by atoms with Gasteiger partial charge in [0.1, 0.15) is 5.75 Å². The third kappa shape index (κ3) is 6.83. The summed E-state index contributed by atoms with van der Waals surface area (Å²) in [6.45, 7) is 2.41. The second-order valence-corrected chi connectivity index (χ2v) is 7.43. The fraction of sp³-hybridized carbons (Fsp3) is 0.462. The molecule has 0 saturated carbocycles. The monoisotopic (exact) mass is 333 g/mol. The molecule has 0 saturated heterocycles. The van der Waals surface area contributed by atoms with Crippen molar-refractivity contribution in [2.75, 3.05) is 19.5 Å². The largest absolute Gasteiger partial charge is 0.493 e. The third-order valence-electron chi connectivity index (χ3n) is 2.59. The zero-order chi connectivity index (χ0) is 15.9. The van der Waals surface area contributed by atoms with Gasteiger partial charge in [-0.05, 0) is 24.3 Å². The summed E-state index contributed by atoms with van der Waals surface area (Å²) in [6.07, 6.45) is 0.365. The topological polar surface area (TPSA) is 95.7 Å². The van der Waals surface area contributed by atoms with Crippen molar-refractivity contribution < 1.29 is 22.7 Å². The van der Waals surface area contributed by atoms with Gasteiger partial charge in [0.25, 0.3) is 0 Å². The van der Waals surface area contributed by atoms with Gasteiger partial charge in [-0.2, -0.15) is 11.8 Å². The Morgan fingerprint density at radius 3 is 2.48 bits per heavy atom. The number of methoxy groups -OCH3 is 1. The molecule has 1 atom stereocenters. The lowest BCUT2D eigenvalue weighted by Gasteiger charge is -2.10. The van der Waals surface area contributed by atoms with Crippen molar-refractivity contribution in [2.45, 2.75) is 23.5 Å². The number of hydrogen-bond acceptors (Lipinski definition) is 6. The average molecular weight is 333 g/mol. The highest BCUT2D eigenvalue weighted by Gasteiger charge is 2.10. The summed E-state index contributed by atoms with van der Waals surface area (Å²) in [6, 6.07) is 5.92. The Morgan fingerprint density at radius 2 is 1.95 bits per heavy atom. The standard InChI is InChI=1S/C13H19NO5S2/c1-10(9-13(15)18-2)20-8-7-19-11-3-5-12(6-4-11)21(14,16)17/h3-6,10H,7-9H2,1-2H3,(H2,14,16,17). The SMILES string of the molecule is COC(=O)CC(C)SCCOc1ccc(S(N)(=O)=O)cc1. The maximum atomic E-state index is 11.1. The maximum absolute atomic E-state index is 11.1. The molecular weight excluding hydrogens is 314 g/mol. The summed E-state index contributed by atoms with van der Waals surface area (Å²) in [7, 11) is -2.30. The number of primary sulfonamides is 1. The Kier molecular flexibility index (Phi) is 7.00. The number of hydrogen-bond donors (Lipinski definition) is 1. The van der Waals surface area contributed by atoms with Crippen LogP contribution in [0.25, 0.3) is 0 Å². The molecule has 1 aromatic carbocycles. The van der Waals surface area contributed by atoms with Crippen molar-refractivity contribution in [3.05, 3.63) is 24.3 Å². The lowest BCUT2D eigenvalue weighted by atomic mass is 10.3. The first-order valence-electron chi connectivity index (χ1n) is 6.27. The second-order valence-electron chi connectivity index (χ2n) is 4.33. The van der Waals surface area contributed by atoms with Crippen LogP contribution < -0.4 is 9.88 Å². The molecule has 1 rings (SSSR count). The summed E-state index contributed by atoms with van der Waals surface area (Å²) in [5.41, 5.74) is 0. The third-order valence-corrected chi connectivity index (χ3v) is 4.66. The van der Waals surface area contributed by atoms with Gasteiger partial charge < -0.3 is 9.47 Å². The molecular formula is C13H19NO5S2. The van der Waals surface area contributed by atoms with Crippen LogP contribution in [0.2, 0.25) is 0 Å². The minimum atomic E-state index is -3.67. The number of carbonyl (C=O) groups excluding carboxylic acids is 1. The molecule has 0 aliphatic rings. The minimum absolute atomic E-state index is 0.0518. The van der Waals surface area contributed by atoms with Crippen molar-refractivity contribution in [3.8, 4) is 5.75 Å². The Labute approximate surface area is 129 Å². The first kappa shape index (κ1) is 17.8. The van der Waals surface area contributed by atoms with Gasteiger partial charge >= 0.3 is 5.97 Å². The van der Waals surface area contributed by atoms with Crippen LogP contribution in [-0.2, 0) is 19.6 Å². The molecule has 6 nitrogen and oxygen atoms in total. The number of nitrogens with two attached hydrogens (primary N) is 1. The van der Waals surface area contributed by atoms with E-state index in [2.05, 4.69) is 4.74 Å². The first-order valence-corrected chi connectivity index (χ1v) is 8.86. The number of benzene rings is 1. The van der Waals surface area contributed by atoms with Crippen LogP contribution in [0.3, 0.4) is 0 Å². The number of thioether (sulfide) groups is 1. The van der Waals surface area contributed by atoms with Gasteiger partial charge in [0.15, 0.2) is 0 Å². The predicted octanol–water partition coefficient (Wildman–Crippen LogP) is 1.40. The molecule has 1 aromatic rings. The van der Waals surface area contributed by atoms with E-state index in [4.69, 9.17) is 9.88 Å². The van der Waals surface area contributed by atoms with E-state index in [9.17, 15) is 13.2 Å². The highest BCUT2D eigenvalue weighted by Crippen LogP contribution is 2.17. The van der Waals surface area contributed by atoms with Crippen molar-refractivity contribution in [2.24, 2.45) is 5.14 Å². The van der Waals surface area contributed by atoms with Crippen LogP contribution >= 0.6 is 11.8 Å². The molecule has 8 heteroatoms. The Bertz CT molecular complexity index is 556. The fourth-order valence-corrected chi connectivity index (χ4v) is 2.86. The number of carbonyl (C=O) groups is 1. The van der Waals surface area contributed by atoms with E-state index in [0.29, 0.717) is 18.8 Å². The predicted molar refractivity (Wildman–Crippen MR) is 81.9 cm³/mol. The molecule has 118 valence electrons. The van der Waals surface area contributed by atoms with Gasteiger partial charge in [0.2, 0.25) is 10.0 Å². The van der Waals surface area contributed by atoms with Crippen molar-refractivity contribution >= 4 is 27.8 Å². The van der Waals surface area contributed by atoms with Gasteiger partial charge in [0, 0.05) is 11.0 Å². The zero-order valence-electron chi connectivity index (χ0n) is 11.9. The number of rotatable bonds is 8. The normalized spacial score (nSPS) is 12.7. The molecule has 0 radical (unpaired) electrons. The fourth-order valence-electron chi connectivity index (χ4n) is 1.51. The summed E-state index contributed by atoms with van der Waals surface area (Å²) in [5, 5.41) is 5.16. The molecule has 0 spiro atoms. The molecule has 0 aliphatic carbocycles.